The molecule has 0 amide bonds. The minimum Gasteiger partial charge on any atom is -0.493 e. The molecule has 3 aromatic rings. The molecule has 0 saturated carbocycles. The first-order valence-corrected chi connectivity index (χ1v) is 9.65. The summed E-state index contributed by atoms with van der Waals surface area (Å²) in [6.45, 7) is 1.58. The van der Waals surface area contributed by atoms with E-state index in [1.807, 2.05) is 23.6 Å². The Balaban J connectivity index is 2.05. The Kier molecular flexibility index (Phi) is 5.55. The molecule has 6 nitrogen and oxygen atoms in total. The number of carbonyl (C=O) groups is 1. The summed E-state index contributed by atoms with van der Waals surface area (Å²) in [5.74, 6) is 0.329. The van der Waals surface area contributed by atoms with Crippen LogP contribution < -0.4 is 9.47 Å². The number of benzene rings is 1. The summed E-state index contributed by atoms with van der Waals surface area (Å²) in [7, 11) is 3.16. The van der Waals surface area contributed by atoms with Crippen molar-refractivity contribution in [3.05, 3.63) is 28.7 Å². The number of nitrogens with zero attached hydrogens (tertiary/aromatic N) is 2. The van der Waals surface area contributed by atoms with Crippen LogP contribution in [0.3, 0.4) is 0 Å². The van der Waals surface area contributed by atoms with Crippen molar-refractivity contribution in [2.24, 2.45) is 0 Å². The second-order valence-electron chi connectivity index (χ2n) is 5.29. The van der Waals surface area contributed by atoms with Crippen LogP contribution in [-0.4, -0.2) is 40.5 Å². The van der Waals surface area contributed by atoms with E-state index < -0.39 is 11.2 Å². The zero-order valence-corrected chi connectivity index (χ0v) is 16.5. The van der Waals surface area contributed by atoms with Crippen molar-refractivity contribution < 1.29 is 19.4 Å². The van der Waals surface area contributed by atoms with Gasteiger partial charge in [-0.25, -0.2) is 9.97 Å². The van der Waals surface area contributed by atoms with Crippen LogP contribution in [0.4, 0.5) is 0 Å². The van der Waals surface area contributed by atoms with Gasteiger partial charge >= 0.3 is 5.97 Å². The second kappa shape index (κ2) is 7.69. The van der Waals surface area contributed by atoms with Crippen molar-refractivity contribution in [3.63, 3.8) is 0 Å². The summed E-state index contributed by atoms with van der Waals surface area (Å²) in [6, 6.07) is 5.60. The molecule has 26 heavy (non-hydrogen) atoms. The van der Waals surface area contributed by atoms with Gasteiger partial charge in [-0.15, -0.1) is 11.3 Å². The number of carboxylic acid groups (broad SMARTS) is 1. The smallest absolute Gasteiger partial charge is 0.316 e. The summed E-state index contributed by atoms with van der Waals surface area (Å²) in [4.78, 5) is 20.4. The maximum absolute atomic E-state index is 11.0. The lowest BCUT2D eigenvalue weighted by molar-refractivity contribution is -0.136. The van der Waals surface area contributed by atoms with Crippen molar-refractivity contribution in [2.75, 3.05) is 14.2 Å². The molecule has 3 rings (SSSR count). The van der Waals surface area contributed by atoms with E-state index in [4.69, 9.17) is 26.2 Å². The Hall–Kier alpha value is -2.03. The van der Waals surface area contributed by atoms with Crippen molar-refractivity contribution in [3.8, 4) is 22.6 Å². The number of carboxylic acids is 1. The molecule has 0 bridgehead atoms. The molecule has 136 valence electrons. The lowest BCUT2D eigenvalue weighted by Crippen LogP contribution is -2.11. The van der Waals surface area contributed by atoms with Crippen molar-refractivity contribution in [2.45, 2.75) is 17.3 Å². The first-order valence-electron chi connectivity index (χ1n) is 7.51. The number of hydrogen-bond donors (Lipinski definition) is 1. The monoisotopic (exact) mass is 410 g/mol. The summed E-state index contributed by atoms with van der Waals surface area (Å²) in [6.07, 6.45) is 0. The Labute approximate surface area is 163 Å². The van der Waals surface area contributed by atoms with Gasteiger partial charge in [0.15, 0.2) is 16.7 Å². The molecule has 1 N–H and O–H groups in total. The number of fused-ring (bicyclic) bond motifs is 1. The van der Waals surface area contributed by atoms with E-state index >= 15 is 0 Å². The molecule has 9 heteroatoms. The number of rotatable bonds is 6. The van der Waals surface area contributed by atoms with E-state index in [2.05, 4.69) is 9.97 Å². The van der Waals surface area contributed by atoms with Gasteiger partial charge < -0.3 is 14.6 Å². The van der Waals surface area contributed by atoms with Crippen LogP contribution in [0.25, 0.3) is 21.3 Å². The average Bonchev–Trinajstić information content (AvgIpc) is 3.05. The van der Waals surface area contributed by atoms with Gasteiger partial charge in [-0.3, -0.25) is 4.79 Å². The third-order valence-electron chi connectivity index (χ3n) is 3.69. The minimum atomic E-state index is -0.924. The molecule has 0 spiro atoms. The Morgan fingerprint density at radius 1 is 1.27 bits per heavy atom. The van der Waals surface area contributed by atoms with Gasteiger partial charge in [0.1, 0.15) is 15.2 Å². The standard InChI is InChI=1S/C17H15ClN2O4S2/c1-8(16(21)22)26-17-19-14(18)13-10(7-25-15(13)20-17)9-4-5-11(23-2)12(6-9)24-3/h4-8H,1-3H3,(H,21,22). The predicted molar refractivity (Wildman–Crippen MR) is 104 cm³/mol. The zero-order chi connectivity index (χ0) is 18.8. The molecule has 1 aromatic carbocycles. The van der Waals surface area contributed by atoms with Gasteiger partial charge in [-0.05, 0) is 24.6 Å². The topological polar surface area (TPSA) is 81.5 Å². The van der Waals surface area contributed by atoms with E-state index in [0.717, 1.165) is 28.3 Å². The van der Waals surface area contributed by atoms with Crippen LogP contribution in [0.1, 0.15) is 6.92 Å². The van der Waals surface area contributed by atoms with Crippen LogP contribution in [0.5, 0.6) is 11.5 Å². The summed E-state index contributed by atoms with van der Waals surface area (Å²) in [5.41, 5.74) is 1.79. The SMILES string of the molecule is COc1ccc(-c2csc3nc(SC(C)C(=O)O)nc(Cl)c23)cc1OC. The molecular weight excluding hydrogens is 396 g/mol. The quantitative estimate of drug-likeness (QED) is 0.361. The van der Waals surface area contributed by atoms with Gasteiger partial charge in [0.25, 0.3) is 0 Å². The molecule has 0 aliphatic heterocycles. The van der Waals surface area contributed by atoms with E-state index in [-0.39, 0.29) is 0 Å². The highest BCUT2D eigenvalue weighted by atomic mass is 35.5. The van der Waals surface area contributed by atoms with Crippen LogP contribution in [0.2, 0.25) is 5.15 Å². The third kappa shape index (κ3) is 3.58. The van der Waals surface area contributed by atoms with Crippen molar-refractivity contribution in [1.29, 1.82) is 0 Å². The first kappa shape index (κ1) is 18.8. The third-order valence-corrected chi connectivity index (χ3v) is 5.79. The van der Waals surface area contributed by atoms with E-state index in [9.17, 15) is 4.79 Å². The van der Waals surface area contributed by atoms with Gasteiger partial charge in [0.2, 0.25) is 0 Å². The molecule has 0 aliphatic rings. The molecule has 0 radical (unpaired) electrons. The van der Waals surface area contributed by atoms with Crippen LogP contribution in [0.15, 0.2) is 28.7 Å². The van der Waals surface area contributed by atoms with Crippen LogP contribution in [-0.2, 0) is 4.79 Å². The number of thioether (sulfide) groups is 1. The van der Waals surface area contributed by atoms with Gasteiger partial charge in [0, 0.05) is 10.9 Å². The maximum atomic E-state index is 11.0. The molecular formula is C17H15ClN2O4S2. The number of methoxy groups -OCH3 is 2. The number of aromatic nitrogens is 2. The summed E-state index contributed by atoms with van der Waals surface area (Å²) in [5, 5.41) is 11.7. The molecule has 1 atom stereocenters. The molecule has 0 aliphatic carbocycles. The highest BCUT2D eigenvalue weighted by Crippen LogP contribution is 2.40. The number of thiophene rings is 1. The zero-order valence-electron chi connectivity index (χ0n) is 14.1. The summed E-state index contributed by atoms with van der Waals surface area (Å²) >= 11 is 8.88. The fraction of sp³-hybridized carbons (Fsp3) is 0.235. The van der Waals surface area contributed by atoms with Crippen molar-refractivity contribution in [1.82, 2.24) is 9.97 Å². The Bertz CT molecular complexity index is 977. The highest BCUT2D eigenvalue weighted by Gasteiger charge is 2.19. The van der Waals surface area contributed by atoms with Crippen molar-refractivity contribution >= 4 is 50.9 Å². The highest BCUT2D eigenvalue weighted by molar-refractivity contribution is 8.00. The maximum Gasteiger partial charge on any atom is 0.316 e. The molecule has 0 fully saturated rings. The van der Waals surface area contributed by atoms with Gasteiger partial charge in [-0.1, -0.05) is 29.4 Å². The Morgan fingerprint density at radius 2 is 2.00 bits per heavy atom. The average molecular weight is 411 g/mol. The summed E-state index contributed by atoms with van der Waals surface area (Å²) < 4.78 is 10.6. The Morgan fingerprint density at radius 3 is 2.65 bits per heavy atom. The predicted octanol–water partition coefficient (Wildman–Crippen LogP) is 4.59. The lowest BCUT2D eigenvalue weighted by atomic mass is 10.1. The minimum absolute atomic E-state index is 0.293. The van der Waals surface area contributed by atoms with Gasteiger partial charge in [-0.2, -0.15) is 0 Å². The van der Waals surface area contributed by atoms with E-state index in [1.54, 1.807) is 21.1 Å². The number of hydrogen-bond acceptors (Lipinski definition) is 7. The van der Waals surface area contributed by atoms with Crippen LogP contribution >= 0.6 is 34.7 Å². The molecule has 1 unspecified atom stereocenters. The van der Waals surface area contributed by atoms with E-state index in [1.165, 1.54) is 11.3 Å². The number of halogens is 1. The molecule has 2 heterocycles. The first-order chi connectivity index (χ1) is 12.4. The van der Waals surface area contributed by atoms with Crippen LogP contribution in [0, 0.1) is 0 Å². The fourth-order valence-corrected chi connectivity index (χ4v) is 4.45. The lowest BCUT2D eigenvalue weighted by Gasteiger charge is -2.10. The second-order valence-corrected chi connectivity index (χ2v) is 7.82. The largest absolute Gasteiger partial charge is 0.493 e. The normalized spacial score (nSPS) is 12.2. The number of aliphatic carboxylic acids is 1. The fourth-order valence-electron chi connectivity index (χ4n) is 2.36. The van der Waals surface area contributed by atoms with Gasteiger partial charge in [0.05, 0.1) is 19.6 Å². The molecule has 2 aromatic heterocycles. The van der Waals surface area contributed by atoms with E-state index in [0.29, 0.717) is 26.6 Å². The molecule has 0 saturated heterocycles. The number of ether oxygens (including phenoxy) is 2.